The zero-order chi connectivity index (χ0) is 21.2. The SMILES string of the molecule is O=S(=O)(Nc1ccccc1)c1cc(S(=O)(=O)Nc2ccccc2)c2ccccc2c1. The highest BCUT2D eigenvalue weighted by atomic mass is 32.2. The zero-order valence-electron chi connectivity index (χ0n) is 15.7. The highest BCUT2D eigenvalue weighted by molar-refractivity contribution is 7.93. The van der Waals surface area contributed by atoms with Gasteiger partial charge in [0, 0.05) is 16.8 Å². The number of hydrogen-bond acceptors (Lipinski definition) is 4. The minimum atomic E-state index is -4.04. The molecular formula is C22H18N2O4S2. The number of nitrogens with one attached hydrogen (secondary N) is 2. The Morgan fingerprint density at radius 1 is 0.533 bits per heavy atom. The van der Waals surface area contributed by atoms with Crippen LogP contribution in [0.1, 0.15) is 0 Å². The van der Waals surface area contributed by atoms with E-state index in [4.69, 9.17) is 0 Å². The smallest absolute Gasteiger partial charge is 0.262 e. The van der Waals surface area contributed by atoms with E-state index in [0.717, 1.165) is 0 Å². The summed E-state index contributed by atoms with van der Waals surface area (Å²) < 4.78 is 57.2. The summed E-state index contributed by atoms with van der Waals surface area (Å²) in [5, 5.41) is 0.932. The molecule has 152 valence electrons. The van der Waals surface area contributed by atoms with Gasteiger partial charge < -0.3 is 0 Å². The average Bonchev–Trinajstić information content (AvgIpc) is 2.73. The van der Waals surface area contributed by atoms with Gasteiger partial charge in [0.25, 0.3) is 20.0 Å². The van der Waals surface area contributed by atoms with Crippen LogP contribution in [0.15, 0.2) is 107 Å². The third kappa shape index (κ3) is 4.14. The average molecular weight is 439 g/mol. The predicted molar refractivity (Wildman–Crippen MR) is 118 cm³/mol. The molecule has 0 bridgehead atoms. The van der Waals surface area contributed by atoms with E-state index in [2.05, 4.69) is 9.44 Å². The van der Waals surface area contributed by atoms with Crippen LogP contribution in [-0.2, 0) is 20.0 Å². The molecule has 0 amide bonds. The molecule has 8 heteroatoms. The molecule has 0 heterocycles. The second kappa shape index (κ2) is 7.81. The van der Waals surface area contributed by atoms with Gasteiger partial charge in [0.1, 0.15) is 0 Å². The lowest BCUT2D eigenvalue weighted by atomic mass is 10.1. The second-order valence-electron chi connectivity index (χ2n) is 6.59. The van der Waals surface area contributed by atoms with Gasteiger partial charge in [-0.05, 0) is 41.8 Å². The van der Waals surface area contributed by atoms with Crippen molar-refractivity contribution in [3.63, 3.8) is 0 Å². The summed E-state index contributed by atoms with van der Waals surface area (Å²) in [5.74, 6) is 0. The third-order valence-corrected chi connectivity index (χ3v) is 7.23. The van der Waals surface area contributed by atoms with E-state index in [0.29, 0.717) is 22.1 Å². The molecule has 0 saturated carbocycles. The van der Waals surface area contributed by atoms with E-state index in [-0.39, 0.29) is 9.79 Å². The fourth-order valence-electron chi connectivity index (χ4n) is 3.06. The molecular weight excluding hydrogens is 420 g/mol. The summed E-state index contributed by atoms with van der Waals surface area (Å²) in [6.45, 7) is 0. The van der Waals surface area contributed by atoms with Gasteiger partial charge in [0.15, 0.2) is 0 Å². The lowest BCUT2D eigenvalue weighted by Crippen LogP contribution is -2.16. The third-order valence-electron chi connectivity index (χ3n) is 4.45. The van der Waals surface area contributed by atoms with Crippen molar-refractivity contribution in [2.75, 3.05) is 9.44 Å². The summed E-state index contributed by atoms with van der Waals surface area (Å²) in [6, 6.07) is 26.3. The second-order valence-corrected chi connectivity index (χ2v) is 9.92. The van der Waals surface area contributed by atoms with Crippen molar-refractivity contribution in [1.29, 1.82) is 0 Å². The maximum atomic E-state index is 13.1. The summed E-state index contributed by atoms with van der Waals surface area (Å²) >= 11 is 0. The number of anilines is 2. The fourth-order valence-corrected chi connectivity index (χ4v) is 5.57. The molecule has 0 spiro atoms. The topological polar surface area (TPSA) is 92.3 Å². The van der Waals surface area contributed by atoms with Crippen LogP contribution >= 0.6 is 0 Å². The molecule has 0 aliphatic rings. The van der Waals surface area contributed by atoms with Crippen molar-refractivity contribution >= 4 is 42.2 Å². The van der Waals surface area contributed by atoms with Crippen LogP contribution in [0.2, 0.25) is 0 Å². The molecule has 4 rings (SSSR count). The van der Waals surface area contributed by atoms with E-state index in [9.17, 15) is 16.8 Å². The first-order valence-corrected chi connectivity index (χ1v) is 12.0. The summed E-state index contributed by atoms with van der Waals surface area (Å²) in [5.41, 5.74) is 0.773. The standard InChI is InChI=1S/C22H18N2O4S2/c25-29(26,23-18-10-3-1-4-11-18)20-15-17-9-7-8-14-21(17)22(16-20)30(27,28)24-19-12-5-2-6-13-19/h1-16,23-24H. The molecule has 4 aromatic carbocycles. The molecule has 0 atom stereocenters. The van der Waals surface area contributed by atoms with Gasteiger partial charge in [0.05, 0.1) is 9.79 Å². The minimum absolute atomic E-state index is 0.113. The monoisotopic (exact) mass is 438 g/mol. The maximum Gasteiger partial charge on any atom is 0.262 e. The van der Waals surface area contributed by atoms with E-state index in [1.54, 1.807) is 84.9 Å². The first-order valence-electron chi connectivity index (χ1n) is 9.04. The minimum Gasteiger partial charge on any atom is -0.280 e. The summed E-state index contributed by atoms with van der Waals surface area (Å²) in [7, 11) is -8.04. The van der Waals surface area contributed by atoms with Crippen LogP contribution in [0, 0.1) is 0 Å². The number of para-hydroxylation sites is 2. The number of fused-ring (bicyclic) bond motifs is 1. The molecule has 0 fully saturated rings. The van der Waals surface area contributed by atoms with Crippen molar-refractivity contribution in [3.8, 4) is 0 Å². The number of sulfonamides is 2. The normalized spacial score (nSPS) is 11.9. The lowest BCUT2D eigenvalue weighted by Gasteiger charge is -2.14. The van der Waals surface area contributed by atoms with Gasteiger partial charge in [0.2, 0.25) is 0 Å². The molecule has 0 aliphatic carbocycles. The van der Waals surface area contributed by atoms with Gasteiger partial charge in [-0.15, -0.1) is 0 Å². The van der Waals surface area contributed by atoms with Crippen LogP contribution in [0.5, 0.6) is 0 Å². The summed E-state index contributed by atoms with van der Waals surface area (Å²) in [6.07, 6.45) is 0. The van der Waals surface area contributed by atoms with Gasteiger partial charge in [-0.25, -0.2) is 16.8 Å². The Balaban J connectivity index is 1.84. The molecule has 0 radical (unpaired) electrons. The molecule has 4 aromatic rings. The van der Waals surface area contributed by atoms with Crippen molar-refractivity contribution in [3.05, 3.63) is 97.1 Å². The van der Waals surface area contributed by atoms with Crippen LogP contribution in [0.25, 0.3) is 10.8 Å². The van der Waals surface area contributed by atoms with Crippen LogP contribution in [0.3, 0.4) is 0 Å². The first kappa shape index (κ1) is 19.9. The number of rotatable bonds is 6. The maximum absolute atomic E-state index is 13.1. The van der Waals surface area contributed by atoms with Crippen LogP contribution in [-0.4, -0.2) is 16.8 Å². The first-order chi connectivity index (χ1) is 14.4. The van der Waals surface area contributed by atoms with Gasteiger partial charge >= 0.3 is 0 Å². The van der Waals surface area contributed by atoms with E-state index in [1.165, 1.54) is 12.1 Å². The Bertz CT molecular complexity index is 1400. The Hall–Kier alpha value is -3.36. The Morgan fingerprint density at radius 2 is 1.03 bits per heavy atom. The fraction of sp³-hybridized carbons (Fsp3) is 0. The van der Waals surface area contributed by atoms with Crippen LogP contribution in [0.4, 0.5) is 11.4 Å². The largest absolute Gasteiger partial charge is 0.280 e. The Labute approximate surface area is 175 Å². The van der Waals surface area contributed by atoms with Crippen molar-refractivity contribution in [2.45, 2.75) is 9.79 Å². The molecule has 0 unspecified atom stereocenters. The van der Waals surface area contributed by atoms with E-state index < -0.39 is 20.0 Å². The molecule has 0 aliphatic heterocycles. The van der Waals surface area contributed by atoms with E-state index >= 15 is 0 Å². The van der Waals surface area contributed by atoms with Crippen molar-refractivity contribution in [2.24, 2.45) is 0 Å². The quantitative estimate of drug-likeness (QED) is 0.465. The molecule has 6 nitrogen and oxygen atoms in total. The van der Waals surface area contributed by atoms with Gasteiger partial charge in [-0.1, -0.05) is 60.7 Å². The van der Waals surface area contributed by atoms with Crippen molar-refractivity contribution < 1.29 is 16.8 Å². The molecule has 0 saturated heterocycles. The zero-order valence-corrected chi connectivity index (χ0v) is 17.3. The Morgan fingerprint density at radius 3 is 1.63 bits per heavy atom. The lowest BCUT2D eigenvalue weighted by molar-refractivity contribution is 0.600. The van der Waals surface area contributed by atoms with Gasteiger partial charge in [-0.3, -0.25) is 9.44 Å². The predicted octanol–water partition coefficient (Wildman–Crippen LogP) is 4.44. The highest BCUT2D eigenvalue weighted by Crippen LogP contribution is 2.29. The Kier molecular flexibility index (Phi) is 5.19. The van der Waals surface area contributed by atoms with Crippen LogP contribution < -0.4 is 9.44 Å². The number of benzene rings is 4. The van der Waals surface area contributed by atoms with Crippen molar-refractivity contribution in [1.82, 2.24) is 0 Å². The van der Waals surface area contributed by atoms with E-state index in [1.807, 2.05) is 0 Å². The molecule has 2 N–H and O–H groups in total. The molecule has 0 aromatic heterocycles. The molecule has 30 heavy (non-hydrogen) atoms. The number of hydrogen-bond donors (Lipinski definition) is 2. The van der Waals surface area contributed by atoms with Gasteiger partial charge in [-0.2, -0.15) is 0 Å². The summed E-state index contributed by atoms with van der Waals surface area (Å²) in [4.78, 5) is -0.253. The highest BCUT2D eigenvalue weighted by Gasteiger charge is 2.23.